The van der Waals surface area contributed by atoms with Crippen LogP contribution in [0, 0.1) is 0 Å². The third-order valence-electron chi connectivity index (χ3n) is 6.24. The minimum absolute atomic E-state index is 0.380. The Bertz CT molecular complexity index is 1030. The molecule has 0 aromatic heterocycles. The van der Waals surface area contributed by atoms with Crippen LogP contribution in [0.4, 0.5) is 0 Å². The predicted molar refractivity (Wildman–Crippen MR) is 122 cm³/mol. The Morgan fingerprint density at radius 2 is 0.800 bits per heavy atom. The first-order valence-electron chi connectivity index (χ1n) is 10.1. The summed E-state index contributed by atoms with van der Waals surface area (Å²) in [6.07, 6.45) is 0. The highest BCUT2D eigenvalue weighted by molar-refractivity contribution is 5.94. The molecule has 4 rings (SSSR count). The molecule has 148 valence electrons. The Morgan fingerprint density at radius 3 is 1.07 bits per heavy atom. The summed E-state index contributed by atoms with van der Waals surface area (Å²) in [5, 5.41) is 0. The SMILES string of the molecule is CC(c1ccccc1)(c1ccccc1)C(C(N)=O)(c1ccccc1)c1ccccc1. The van der Waals surface area contributed by atoms with E-state index in [1.165, 1.54) is 0 Å². The Balaban J connectivity index is 2.19. The van der Waals surface area contributed by atoms with Gasteiger partial charge in [0.2, 0.25) is 5.91 Å². The highest BCUT2D eigenvalue weighted by atomic mass is 16.1. The first-order chi connectivity index (χ1) is 14.6. The molecule has 2 heteroatoms. The highest BCUT2D eigenvalue weighted by Gasteiger charge is 2.56. The van der Waals surface area contributed by atoms with E-state index in [0.717, 1.165) is 22.3 Å². The number of benzene rings is 4. The van der Waals surface area contributed by atoms with Crippen LogP contribution < -0.4 is 5.73 Å². The van der Waals surface area contributed by atoms with Crippen molar-refractivity contribution < 1.29 is 4.79 Å². The van der Waals surface area contributed by atoms with Gasteiger partial charge in [-0.3, -0.25) is 4.79 Å². The second-order valence-electron chi connectivity index (χ2n) is 7.70. The fourth-order valence-corrected chi connectivity index (χ4v) is 4.79. The van der Waals surface area contributed by atoms with Crippen molar-refractivity contribution in [3.63, 3.8) is 0 Å². The predicted octanol–water partition coefficient (Wildman–Crippen LogP) is 5.46. The molecular weight excluding hydrogens is 366 g/mol. The molecule has 0 aliphatic carbocycles. The van der Waals surface area contributed by atoms with Crippen molar-refractivity contribution in [3.05, 3.63) is 144 Å². The Labute approximate surface area is 178 Å². The van der Waals surface area contributed by atoms with Crippen molar-refractivity contribution >= 4 is 5.91 Å². The van der Waals surface area contributed by atoms with E-state index < -0.39 is 10.8 Å². The number of primary amides is 1. The van der Waals surface area contributed by atoms with Crippen LogP contribution in [-0.4, -0.2) is 5.91 Å². The van der Waals surface area contributed by atoms with Gasteiger partial charge >= 0.3 is 0 Å². The third-order valence-corrected chi connectivity index (χ3v) is 6.24. The van der Waals surface area contributed by atoms with Crippen LogP contribution in [0.2, 0.25) is 0 Å². The fraction of sp³-hybridized carbons (Fsp3) is 0.107. The second-order valence-corrected chi connectivity index (χ2v) is 7.70. The largest absolute Gasteiger partial charge is 0.369 e. The summed E-state index contributed by atoms with van der Waals surface area (Å²) in [5.41, 5.74) is 8.31. The molecule has 4 aromatic rings. The number of carbonyl (C=O) groups is 1. The van der Waals surface area contributed by atoms with Crippen LogP contribution in [0.1, 0.15) is 29.2 Å². The molecule has 0 saturated heterocycles. The summed E-state index contributed by atoms with van der Waals surface area (Å²) in [6, 6.07) is 40.1. The van der Waals surface area contributed by atoms with Crippen molar-refractivity contribution in [1.82, 2.24) is 0 Å². The van der Waals surface area contributed by atoms with E-state index in [2.05, 4.69) is 31.2 Å². The molecule has 30 heavy (non-hydrogen) atoms. The van der Waals surface area contributed by atoms with Gasteiger partial charge in [0.15, 0.2) is 0 Å². The highest BCUT2D eigenvalue weighted by Crippen LogP contribution is 2.52. The molecule has 4 aromatic carbocycles. The zero-order valence-corrected chi connectivity index (χ0v) is 17.0. The maximum atomic E-state index is 13.6. The molecule has 0 aliphatic rings. The zero-order valence-electron chi connectivity index (χ0n) is 17.0. The molecule has 2 nitrogen and oxygen atoms in total. The lowest BCUT2D eigenvalue weighted by molar-refractivity contribution is -0.123. The second kappa shape index (κ2) is 8.00. The van der Waals surface area contributed by atoms with Gasteiger partial charge in [0.25, 0.3) is 0 Å². The molecule has 0 spiro atoms. The van der Waals surface area contributed by atoms with Gasteiger partial charge in [-0.1, -0.05) is 121 Å². The number of nitrogens with two attached hydrogens (primary N) is 1. The van der Waals surface area contributed by atoms with Crippen molar-refractivity contribution in [1.29, 1.82) is 0 Å². The van der Waals surface area contributed by atoms with E-state index in [1.54, 1.807) is 0 Å². The van der Waals surface area contributed by atoms with E-state index >= 15 is 0 Å². The van der Waals surface area contributed by atoms with Gasteiger partial charge in [-0.25, -0.2) is 0 Å². The van der Waals surface area contributed by atoms with Gasteiger partial charge in [0, 0.05) is 5.41 Å². The molecule has 0 unspecified atom stereocenters. The average molecular weight is 392 g/mol. The average Bonchev–Trinajstić information content (AvgIpc) is 2.82. The molecular formula is C28H25NO. The molecule has 0 fully saturated rings. The topological polar surface area (TPSA) is 43.1 Å². The van der Waals surface area contributed by atoms with Crippen molar-refractivity contribution in [2.24, 2.45) is 5.73 Å². The van der Waals surface area contributed by atoms with E-state index in [0.29, 0.717) is 0 Å². The summed E-state index contributed by atoms with van der Waals surface area (Å²) < 4.78 is 0. The van der Waals surface area contributed by atoms with Crippen LogP contribution >= 0.6 is 0 Å². The van der Waals surface area contributed by atoms with Gasteiger partial charge in [-0.2, -0.15) is 0 Å². The van der Waals surface area contributed by atoms with E-state index in [4.69, 9.17) is 5.73 Å². The number of rotatable bonds is 6. The monoisotopic (exact) mass is 391 g/mol. The Morgan fingerprint density at radius 1 is 0.533 bits per heavy atom. The zero-order chi connectivity index (χ0) is 21.0. The first-order valence-corrected chi connectivity index (χ1v) is 10.1. The third kappa shape index (κ3) is 2.93. The van der Waals surface area contributed by atoms with Crippen molar-refractivity contribution in [2.45, 2.75) is 17.8 Å². The minimum Gasteiger partial charge on any atom is -0.369 e. The maximum absolute atomic E-state index is 13.6. The van der Waals surface area contributed by atoms with Crippen LogP contribution in [0.25, 0.3) is 0 Å². The summed E-state index contributed by atoms with van der Waals surface area (Å²) in [4.78, 5) is 13.6. The lowest BCUT2D eigenvalue weighted by Crippen LogP contribution is -2.57. The van der Waals surface area contributed by atoms with Crippen molar-refractivity contribution in [2.75, 3.05) is 0 Å². The summed E-state index contributed by atoms with van der Waals surface area (Å²) in [6.45, 7) is 2.13. The number of carbonyl (C=O) groups excluding carboxylic acids is 1. The van der Waals surface area contributed by atoms with E-state index in [1.807, 2.05) is 97.1 Å². The first kappa shape index (κ1) is 19.7. The molecule has 0 bridgehead atoms. The lowest BCUT2D eigenvalue weighted by atomic mass is 9.52. The van der Waals surface area contributed by atoms with Crippen LogP contribution in [0.15, 0.2) is 121 Å². The van der Waals surface area contributed by atoms with Gasteiger partial charge in [0.1, 0.15) is 5.41 Å². The Hall–Kier alpha value is -3.65. The van der Waals surface area contributed by atoms with Gasteiger partial charge in [-0.05, 0) is 29.2 Å². The summed E-state index contributed by atoms with van der Waals surface area (Å²) >= 11 is 0. The van der Waals surface area contributed by atoms with E-state index in [9.17, 15) is 4.79 Å². The smallest absolute Gasteiger partial charge is 0.233 e. The molecule has 0 saturated carbocycles. The van der Waals surface area contributed by atoms with Gasteiger partial charge in [-0.15, -0.1) is 0 Å². The quantitative estimate of drug-likeness (QED) is 0.466. The normalized spacial score (nSPS) is 11.8. The minimum atomic E-state index is -1.11. The molecule has 0 heterocycles. The van der Waals surface area contributed by atoms with Crippen LogP contribution in [0.3, 0.4) is 0 Å². The van der Waals surface area contributed by atoms with Crippen molar-refractivity contribution in [3.8, 4) is 0 Å². The van der Waals surface area contributed by atoms with Gasteiger partial charge < -0.3 is 5.73 Å². The van der Waals surface area contributed by atoms with E-state index in [-0.39, 0.29) is 5.91 Å². The van der Waals surface area contributed by atoms with Crippen LogP contribution in [0.5, 0.6) is 0 Å². The Kier molecular flexibility index (Phi) is 5.24. The lowest BCUT2D eigenvalue weighted by Gasteiger charge is -2.48. The summed E-state index contributed by atoms with van der Waals surface area (Å²) in [5.74, 6) is -0.380. The maximum Gasteiger partial charge on any atom is 0.233 e. The molecule has 0 atom stereocenters. The molecule has 1 amide bonds. The number of hydrogen-bond donors (Lipinski definition) is 1. The van der Waals surface area contributed by atoms with Crippen LogP contribution in [-0.2, 0) is 15.6 Å². The number of hydrogen-bond acceptors (Lipinski definition) is 1. The molecule has 0 aliphatic heterocycles. The molecule has 0 radical (unpaired) electrons. The summed E-state index contributed by atoms with van der Waals surface area (Å²) in [7, 11) is 0. The fourth-order valence-electron chi connectivity index (χ4n) is 4.79. The van der Waals surface area contributed by atoms with Gasteiger partial charge in [0.05, 0.1) is 0 Å². The molecule has 2 N–H and O–H groups in total. The number of amides is 1. The standard InChI is InChI=1S/C28H25NO/c1-27(22-14-6-2-7-15-22,23-16-8-3-9-17-23)28(26(29)30,24-18-10-4-11-19-24)25-20-12-5-13-21-25/h2-21H,1H3,(H2,29,30).